The number of nitrogens with two attached hydrogens (primary N) is 1. The molecular formula is C11H15NO. The fourth-order valence-electron chi connectivity index (χ4n) is 1.52. The van der Waals surface area contributed by atoms with Crippen molar-refractivity contribution < 1.29 is 4.79 Å². The van der Waals surface area contributed by atoms with Crippen molar-refractivity contribution in [2.24, 2.45) is 5.73 Å². The van der Waals surface area contributed by atoms with Crippen molar-refractivity contribution in [3.05, 3.63) is 34.9 Å². The summed E-state index contributed by atoms with van der Waals surface area (Å²) >= 11 is 0. The number of hydrogen-bond donors (Lipinski definition) is 1. The van der Waals surface area contributed by atoms with Gasteiger partial charge >= 0.3 is 0 Å². The van der Waals surface area contributed by atoms with Gasteiger partial charge in [0.05, 0.1) is 6.42 Å². The van der Waals surface area contributed by atoms with E-state index in [2.05, 4.69) is 6.92 Å². The lowest BCUT2D eigenvalue weighted by atomic mass is 9.97. The molecule has 0 heterocycles. The van der Waals surface area contributed by atoms with Crippen molar-refractivity contribution in [2.75, 3.05) is 0 Å². The number of hydrogen-bond acceptors (Lipinski definition) is 1. The Morgan fingerprint density at radius 1 is 1.46 bits per heavy atom. The molecule has 13 heavy (non-hydrogen) atoms. The monoisotopic (exact) mass is 177 g/mol. The summed E-state index contributed by atoms with van der Waals surface area (Å²) in [6.07, 6.45) is 1.31. The van der Waals surface area contributed by atoms with E-state index in [0.717, 1.165) is 17.5 Å². The van der Waals surface area contributed by atoms with Crippen molar-refractivity contribution in [1.82, 2.24) is 0 Å². The number of aryl methyl sites for hydroxylation is 2. The van der Waals surface area contributed by atoms with E-state index < -0.39 is 0 Å². The molecule has 1 amide bonds. The predicted octanol–water partition coefficient (Wildman–Crippen LogP) is 1.59. The lowest BCUT2D eigenvalue weighted by Crippen LogP contribution is -2.15. The molecule has 2 nitrogen and oxygen atoms in total. The molecule has 0 aromatic heterocycles. The van der Waals surface area contributed by atoms with E-state index in [1.165, 1.54) is 5.56 Å². The second kappa shape index (κ2) is 4.08. The highest BCUT2D eigenvalue weighted by Gasteiger charge is 2.06. The Bertz CT molecular complexity index is 318. The van der Waals surface area contributed by atoms with E-state index >= 15 is 0 Å². The third-order valence-electron chi connectivity index (χ3n) is 2.24. The molecule has 0 saturated heterocycles. The van der Waals surface area contributed by atoms with Crippen LogP contribution in [0.4, 0.5) is 0 Å². The smallest absolute Gasteiger partial charge is 0.221 e. The SMILES string of the molecule is CCc1cccc(C)c1CC(N)=O. The van der Waals surface area contributed by atoms with Gasteiger partial charge in [0.25, 0.3) is 0 Å². The van der Waals surface area contributed by atoms with Crippen molar-refractivity contribution in [3.8, 4) is 0 Å². The molecule has 2 heteroatoms. The number of rotatable bonds is 3. The van der Waals surface area contributed by atoms with Gasteiger partial charge in [-0.25, -0.2) is 0 Å². The molecule has 0 aliphatic rings. The van der Waals surface area contributed by atoms with Gasteiger partial charge in [-0.05, 0) is 30.0 Å². The number of amides is 1. The summed E-state index contributed by atoms with van der Waals surface area (Å²) in [5.41, 5.74) is 8.65. The lowest BCUT2D eigenvalue weighted by molar-refractivity contribution is -0.117. The first-order valence-corrected chi connectivity index (χ1v) is 4.50. The van der Waals surface area contributed by atoms with Gasteiger partial charge in [0.2, 0.25) is 5.91 Å². The number of carbonyl (C=O) groups excluding carboxylic acids is 1. The van der Waals surface area contributed by atoms with Crippen molar-refractivity contribution in [2.45, 2.75) is 26.7 Å². The zero-order valence-electron chi connectivity index (χ0n) is 8.13. The summed E-state index contributed by atoms with van der Waals surface area (Å²) < 4.78 is 0. The molecule has 1 rings (SSSR count). The maximum Gasteiger partial charge on any atom is 0.221 e. The van der Waals surface area contributed by atoms with Crippen LogP contribution in [0.3, 0.4) is 0 Å². The molecule has 0 aliphatic heterocycles. The van der Waals surface area contributed by atoms with Gasteiger partial charge in [-0.2, -0.15) is 0 Å². The maximum absolute atomic E-state index is 10.8. The molecule has 0 aliphatic carbocycles. The molecule has 0 unspecified atom stereocenters. The van der Waals surface area contributed by atoms with Crippen molar-refractivity contribution in [1.29, 1.82) is 0 Å². The molecule has 0 fully saturated rings. The average Bonchev–Trinajstić information content (AvgIpc) is 2.08. The molecule has 0 spiro atoms. The van der Waals surface area contributed by atoms with E-state index in [9.17, 15) is 4.79 Å². The van der Waals surface area contributed by atoms with Gasteiger partial charge in [0.15, 0.2) is 0 Å². The van der Waals surface area contributed by atoms with Crippen LogP contribution in [-0.2, 0) is 17.6 Å². The van der Waals surface area contributed by atoms with E-state index in [-0.39, 0.29) is 5.91 Å². The largest absolute Gasteiger partial charge is 0.369 e. The van der Waals surface area contributed by atoms with Gasteiger partial charge in [0.1, 0.15) is 0 Å². The summed E-state index contributed by atoms with van der Waals surface area (Å²) in [6, 6.07) is 6.07. The first-order chi connectivity index (χ1) is 6.15. The highest BCUT2D eigenvalue weighted by atomic mass is 16.1. The molecule has 0 saturated carbocycles. The Morgan fingerprint density at radius 3 is 2.69 bits per heavy atom. The molecular weight excluding hydrogens is 162 g/mol. The number of benzene rings is 1. The summed E-state index contributed by atoms with van der Waals surface area (Å²) in [7, 11) is 0. The molecule has 0 radical (unpaired) electrons. The summed E-state index contributed by atoms with van der Waals surface area (Å²) in [6.45, 7) is 4.09. The Hall–Kier alpha value is -1.31. The highest BCUT2D eigenvalue weighted by Crippen LogP contribution is 2.15. The Kier molecular flexibility index (Phi) is 3.07. The first kappa shape index (κ1) is 9.78. The molecule has 1 aromatic carbocycles. The Balaban J connectivity index is 3.07. The minimum atomic E-state index is -0.260. The molecule has 0 atom stereocenters. The Labute approximate surface area is 78.8 Å². The minimum absolute atomic E-state index is 0.260. The van der Waals surface area contributed by atoms with Crippen LogP contribution in [0.2, 0.25) is 0 Å². The average molecular weight is 177 g/mol. The van der Waals surface area contributed by atoms with Crippen LogP contribution < -0.4 is 5.73 Å². The van der Waals surface area contributed by atoms with Gasteiger partial charge in [-0.15, -0.1) is 0 Å². The predicted molar refractivity (Wildman–Crippen MR) is 53.5 cm³/mol. The topological polar surface area (TPSA) is 43.1 Å². The van der Waals surface area contributed by atoms with E-state index in [1.54, 1.807) is 0 Å². The summed E-state index contributed by atoms with van der Waals surface area (Å²) in [5, 5.41) is 0. The molecule has 70 valence electrons. The standard InChI is InChI=1S/C11H15NO/c1-3-9-6-4-5-8(2)10(9)7-11(12)13/h4-6H,3,7H2,1-2H3,(H2,12,13). The van der Waals surface area contributed by atoms with E-state index in [1.807, 2.05) is 25.1 Å². The zero-order chi connectivity index (χ0) is 9.84. The third kappa shape index (κ3) is 2.31. The third-order valence-corrected chi connectivity index (χ3v) is 2.24. The van der Waals surface area contributed by atoms with Crippen LogP contribution in [0.15, 0.2) is 18.2 Å². The number of carbonyl (C=O) groups is 1. The van der Waals surface area contributed by atoms with Crippen LogP contribution in [0.1, 0.15) is 23.6 Å². The molecule has 1 aromatic rings. The van der Waals surface area contributed by atoms with Crippen LogP contribution in [-0.4, -0.2) is 5.91 Å². The summed E-state index contributed by atoms with van der Waals surface area (Å²) in [5.74, 6) is -0.260. The van der Waals surface area contributed by atoms with Crippen molar-refractivity contribution in [3.63, 3.8) is 0 Å². The van der Waals surface area contributed by atoms with Gasteiger partial charge in [-0.3, -0.25) is 4.79 Å². The minimum Gasteiger partial charge on any atom is -0.369 e. The zero-order valence-corrected chi connectivity index (χ0v) is 8.13. The van der Waals surface area contributed by atoms with Gasteiger partial charge < -0.3 is 5.73 Å². The highest BCUT2D eigenvalue weighted by molar-refractivity contribution is 5.77. The van der Waals surface area contributed by atoms with Gasteiger partial charge in [-0.1, -0.05) is 25.1 Å². The summed E-state index contributed by atoms with van der Waals surface area (Å²) in [4.78, 5) is 10.8. The first-order valence-electron chi connectivity index (χ1n) is 4.50. The fourth-order valence-corrected chi connectivity index (χ4v) is 1.52. The van der Waals surface area contributed by atoms with Crippen LogP contribution in [0.25, 0.3) is 0 Å². The van der Waals surface area contributed by atoms with E-state index in [4.69, 9.17) is 5.73 Å². The lowest BCUT2D eigenvalue weighted by Gasteiger charge is -2.08. The Morgan fingerprint density at radius 2 is 2.15 bits per heavy atom. The quantitative estimate of drug-likeness (QED) is 0.748. The van der Waals surface area contributed by atoms with Crippen LogP contribution in [0, 0.1) is 6.92 Å². The number of primary amides is 1. The second-order valence-electron chi connectivity index (χ2n) is 3.21. The van der Waals surface area contributed by atoms with Crippen LogP contribution >= 0.6 is 0 Å². The van der Waals surface area contributed by atoms with Gasteiger partial charge in [0, 0.05) is 0 Å². The normalized spacial score (nSPS) is 10.0. The molecule has 0 bridgehead atoms. The molecule has 2 N–H and O–H groups in total. The maximum atomic E-state index is 10.8. The fraction of sp³-hybridized carbons (Fsp3) is 0.364. The van der Waals surface area contributed by atoms with Crippen molar-refractivity contribution >= 4 is 5.91 Å². The second-order valence-corrected chi connectivity index (χ2v) is 3.21. The van der Waals surface area contributed by atoms with E-state index in [0.29, 0.717) is 6.42 Å². The van der Waals surface area contributed by atoms with Crippen LogP contribution in [0.5, 0.6) is 0 Å².